The topological polar surface area (TPSA) is 56.5 Å². The first-order valence-corrected chi connectivity index (χ1v) is 13.0. The number of aromatic nitrogens is 5. The van der Waals surface area contributed by atoms with Crippen LogP contribution in [0.3, 0.4) is 0 Å². The maximum Gasteiger partial charge on any atom is 0.181 e. The molecule has 0 saturated heterocycles. The molecule has 180 valence electrons. The quantitative estimate of drug-likeness (QED) is 0.146. The van der Waals surface area contributed by atoms with Gasteiger partial charge in [-0.1, -0.05) is 91.0 Å². The number of thioether (sulfide) groups is 1. The molecule has 0 spiro atoms. The highest BCUT2D eigenvalue weighted by Gasteiger charge is 2.41. The van der Waals surface area contributed by atoms with Crippen molar-refractivity contribution >= 4 is 22.8 Å². The Bertz CT molecular complexity index is 1570. The molecule has 0 N–H and O–H groups in total. The Morgan fingerprint density at radius 1 is 0.757 bits per heavy atom. The van der Waals surface area contributed by atoms with Crippen LogP contribution < -0.4 is 0 Å². The number of hydrogen-bond acceptors (Lipinski definition) is 5. The summed E-state index contributed by atoms with van der Waals surface area (Å²) in [7, 11) is 0. The predicted molar refractivity (Wildman–Crippen MR) is 145 cm³/mol. The Balaban J connectivity index is 1.78. The highest BCUT2D eigenvalue weighted by atomic mass is 32.2. The minimum Gasteiger partial charge on any atom is -0.235 e. The second-order valence-electron chi connectivity index (χ2n) is 8.52. The molecule has 37 heavy (non-hydrogen) atoms. The first-order chi connectivity index (χ1) is 18.2. The van der Waals surface area contributed by atoms with Gasteiger partial charge in [0.15, 0.2) is 11.5 Å². The van der Waals surface area contributed by atoms with E-state index < -0.39 is 11.4 Å². The van der Waals surface area contributed by atoms with Crippen molar-refractivity contribution < 1.29 is 4.39 Å². The van der Waals surface area contributed by atoms with Gasteiger partial charge >= 0.3 is 0 Å². The number of hydrogen-bond donors (Lipinski definition) is 0. The molecule has 7 heteroatoms. The molecule has 6 rings (SSSR count). The Hall–Kier alpha value is -4.36. The molecule has 0 amide bonds. The van der Waals surface area contributed by atoms with E-state index in [1.165, 1.54) is 24.0 Å². The van der Waals surface area contributed by atoms with E-state index in [0.717, 1.165) is 21.7 Å². The molecule has 0 aliphatic heterocycles. The van der Waals surface area contributed by atoms with Crippen LogP contribution in [0.2, 0.25) is 0 Å². The van der Waals surface area contributed by atoms with E-state index >= 15 is 0 Å². The zero-order valence-corrected chi connectivity index (χ0v) is 20.8. The summed E-state index contributed by atoms with van der Waals surface area (Å²) in [6.07, 6.45) is 4.88. The molecule has 3 aromatic carbocycles. The van der Waals surface area contributed by atoms with Crippen LogP contribution in [0.15, 0.2) is 121 Å². The number of halogens is 1. The second kappa shape index (κ2) is 9.59. The van der Waals surface area contributed by atoms with Crippen molar-refractivity contribution in [2.45, 2.75) is 10.6 Å². The molecular weight excluding hydrogens is 481 g/mol. The number of nitrogens with zero attached hydrogens (tertiary/aromatic N) is 5. The molecule has 0 unspecified atom stereocenters. The van der Waals surface area contributed by atoms with Crippen LogP contribution >= 0.6 is 11.8 Å². The lowest BCUT2D eigenvalue weighted by atomic mass is 9.77. The van der Waals surface area contributed by atoms with Gasteiger partial charge in [0.25, 0.3) is 0 Å². The number of rotatable bonds is 6. The summed E-state index contributed by atoms with van der Waals surface area (Å²) in [5.74, 6) is -0.0230. The lowest BCUT2D eigenvalue weighted by Crippen LogP contribution is -2.38. The molecule has 5 nitrogen and oxygen atoms in total. The van der Waals surface area contributed by atoms with Gasteiger partial charge in [0, 0.05) is 6.20 Å². The van der Waals surface area contributed by atoms with E-state index in [1.54, 1.807) is 6.20 Å². The van der Waals surface area contributed by atoms with Gasteiger partial charge in [-0.15, -0.1) is 11.8 Å². The Kier molecular flexibility index (Phi) is 5.98. The van der Waals surface area contributed by atoms with Gasteiger partial charge in [0.2, 0.25) is 0 Å². The average molecular weight is 504 g/mol. The minimum absolute atomic E-state index is 0.422. The zero-order chi connectivity index (χ0) is 25.2. The van der Waals surface area contributed by atoms with Crippen LogP contribution in [0.4, 0.5) is 4.39 Å². The van der Waals surface area contributed by atoms with Crippen molar-refractivity contribution in [2.75, 3.05) is 6.26 Å². The molecule has 0 bridgehead atoms. The molecule has 0 radical (unpaired) electrons. The largest absolute Gasteiger partial charge is 0.235 e. The van der Waals surface area contributed by atoms with Crippen molar-refractivity contribution in [2.24, 2.45) is 0 Å². The third kappa shape index (κ3) is 3.88. The molecule has 0 aliphatic carbocycles. The van der Waals surface area contributed by atoms with E-state index in [4.69, 9.17) is 5.10 Å². The van der Waals surface area contributed by atoms with Crippen LogP contribution in [0.1, 0.15) is 16.7 Å². The maximum atomic E-state index is 14.6. The first kappa shape index (κ1) is 23.1. The van der Waals surface area contributed by atoms with Crippen LogP contribution in [0.25, 0.3) is 22.6 Å². The molecule has 6 aromatic rings. The zero-order valence-electron chi connectivity index (χ0n) is 20.0. The van der Waals surface area contributed by atoms with Crippen molar-refractivity contribution in [1.29, 1.82) is 0 Å². The minimum atomic E-state index is -0.901. The molecule has 0 saturated carbocycles. The first-order valence-electron chi connectivity index (χ1n) is 11.8. The van der Waals surface area contributed by atoms with E-state index in [2.05, 4.69) is 51.4 Å². The molecular formula is C30H22FN5S. The summed E-state index contributed by atoms with van der Waals surface area (Å²) >= 11 is 1.51. The summed E-state index contributed by atoms with van der Waals surface area (Å²) < 4.78 is 16.5. The lowest BCUT2D eigenvalue weighted by Gasteiger charge is -2.36. The molecule has 3 aromatic heterocycles. The lowest BCUT2D eigenvalue weighted by molar-refractivity contribution is 0.473. The summed E-state index contributed by atoms with van der Waals surface area (Å²) in [5, 5.41) is 6.48. The number of fused-ring (bicyclic) bond motifs is 1. The van der Waals surface area contributed by atoms with Gasteiger partial charge in [-0.3, -0.25) is 0 Å². The third-order valence-electron chi connectivity index (χ3n) is 6.43. The van der Waals surface area contributed by atoms with Gasteiger partial charge in [-0.2, -0.15) is 5.10 Å². The van der Waals surface area contributed by atoms with Crippen LogP contribution in [-0.4, -0.2) is 31.0 Å². The Morgan fingerprint density at radius 2 is 1.32 bits per heavy atom. The highest BCUT2D eigenvalue weighted by molar-refractivity contribution is 7.98. The summed E-state index contributed by atoms with van der Waals surface area (Å²) in [6.45, 7) is 0. The van der Waals surface area contributed by atoms with Crippen molar-refractivity contribution in [3.63, 3.8) is 0 Å². The summed E-state index contributed by atoms with van der Waals surface area (Å²) in [4.78, 5) is 13.8. The standard InChI is InChI=1S/C30H22FN5S/c1-37-26-17-18-32-28(34-26)27-25-19-24(31)20-33-29(25)36(35-27)30(21-11-5-2-6-12-21,22-13-7-3-8-14-22)23-15-9-4-10-16-23/h2-20H,1H3. The molecule has 3 heterocycles. The summed E-state index contributed by atoms with van der Waals surface area (Å²) in [5.41, 5.74) is 3.09. The van der Waals surface area contributed by atoms with E-state index in [-0.39, 0.29) is 0 Å². The number of benzene rings is 3. The molecule has 0 fully saturated rings. The van der Waals surface area contributed by atoms with Crippen molar-refractivity contribution in [1.82, 2.24) is 24.7 Å². The monoisotopic (exact) mass is 503 g/mol. The fourth-order valence-corrected chi connectivity index (χ4v) is 5.22. The van der Waals surface area contributed by atoms with E-state index in [0.29, 0.717) is 22.6 Å². The molecule has 0 atom stereocenters. The Labute approximate surface area is 218 Å². The number of pyridine rings is 1. The predicted octanol–water partition coefficient (Wildman–Crippen LogP) is 6.59. The van der Waals surface area contributed by atoms with Crippen LogP contribution in [0.5, 0.6) is 0 Å². The SMILES string of the molecule is CSc1ccnc(-c2nn(C(c3ccccc3)(c3ccccc3)c3ccccc3)c3ncc(F)cc23)n1. The van der Waals surface area contributed by atoms with E-state index in [9.17, 15) is 4.39 Å². The van der Waals surface area contributed by atoms with Gasteiger partial charge in [-0.05, 0) is 35.1 Å². The fraction of sp³-hybridized carbons (Fsp3) is 0.0667. The highest BCUT2D eigenvalue weighted by Crippen LogP contribution is 2.43. The third-order valence-corrected chi connectivity index (χ3v) is 7.08. The molecule has 0 aliphatic rings. The smallest absolute Gasteiger partial charge is 0.181 e. The van der Waals surface area contributed by atoms with Crippen molar-refractivity contribution in [3.8, 4) is 11.5 Å². The van der Waals surface area contributed by atoms with Crippen molar-refractivity contribution in [3.05, 3.63) is 138 Å². The van der Waals surface area contributed by atoms with Gasteiger partial charge in [-0.25, -0.2) is 24.0 Å². The Morgan fingerprint density at radius 3 is 1.86 bits per heavy atom. The summed E-state index contributed by atoms with van der Waals surface area (Å²) in [6, 6.07) is 33.9. The van der Waals surface area contributed by atoms with Gasteiger partial charge in [0.05, 0.1) is 16.6 Å². The normalized spacial score (nSPS) is 11.6. The van der Waals surface area contributed by atoms with E-state index in [1.807, 2.05) is 71.6 Å². The van der Waals surface area contributed by atoms with Crippen LogP contribution in [-0.2, 0) is 5.54 Å². The van der Waals surface area contributed by atoms with Crippen LogP contribution in [0, 0.1) is 5.82 Å². The maximum absolute atomic E-state index is 14.6. The fourth-order valence-electron chi connectivity index (χ4n) is 4.85. The van der Waals surface area contributed by atoms with Gasteiger partial charge < -0.3 is 0 Å². The second-order valence-corrected chi connectivity index (χ2v) is 9.34. The average Bonchev–Trinajstić information content (AvgIpc) is 3.34. The van der Waals surface area contributed by atoms with Gasteiger partial charge in [0.1, 0.15) is 17.1 Å².